The molecule has 0 amide bonds. The maximum absolute atomic E-state index is 5.85. The average Bonchev–Trinajstić information content (AvgIpc) is 2.69. The number of guanidine groups is 1. The Hall–Kier alpha value is -2.07. The molecule has 0 fully saturated rings. The largest absolute Gasteiger partial charge is 0.491 e. The van der Waals surface area contributed by atoms with Crippen LogP contribution in [0.3, 0.4) is 0 Å². The van der Waals surface area contributed by atoms with E-state index in [1.807, 2.05) is 43.3 Å². The highest BCUT2D eigenvalue weighted by Gasteiger charge is 2.07. The molecule has 0 atom stereocenters. The van der Waals surface area contributed by atoms with Crippen LogP contribution < -0.4 is 20.3 Å². The summed E-state index contributed by atoms with van der Waals surface area (Å²) < 4.78 is 10.9. The minimum atomic E-state index is 0. The van der Waals surface area contributed by atoms with Crippen LogP contribution in [0.15, 0.2) is 41.4 Å². The number of methoxy groups -OCH3 is 1. The lowest BCUT2D eigenvalue weighted by Gasteiger charge is -2.16. The van der Waals surface area contributed by atoms with Gasteiger partial charge in [-0.1, -0.05) is 18.2 Å². The molecule has 29 heavy (non-hydrogen) atoms. The SMILES string of the molecule is CN=C(NCc1cccc(N(C)C)n1)NCc1ccc(C)cc1OCCOC.I. The predicted octanol–water partition coefficient (Wildman–Crippen LogP) is 2.96. The highest BCUT2D eigenvalue weighted by molar-refractivity contribution is 14.0. The summed E-state index contributed by atoms with van der Waals surface area (Å²) in [4.78, 5) is 10.9. The van der Waals surface area contributed by atoms with E-state index in [1.54, 1.807) is 14.2 Å². The number of aryl methyl sites for hydroxylation is 1. The second-order valence-electron chi connectivity index (χ2n) is 6.61. The van der Waals surface area contributed by atoms with Gasteiger partial charge in [-0.25, -0.2) is 4.98 Å². The zero-order valence-corrected chi connectivity index (χ0v) is 20.2. The van der Waals surface area contributed by atoms with Gasteiger partial charge in [-0.05, 0) is 30.7 Å². The molecular formula is C21H32IN5O2. The number of nitrogens with zero attached hydrogens (tertiary/aromatic N) is 3. The highest BCUT2D eigenvalue weighted by atomic mass is 127. The molecule has 0 aliphatic rings. The van der Waals surface area contributed by atoms with Gasteiger partial charge in [0.05, 0.1) is 18.8 Å². The van der Waals surface area contributed by atoms with Crippen LogP contribution >= 0.6 is 24.0 Å². The number of rotatable bonds is 9. The number of aliphatic imine (C=N–C) groups is 1. The molecule has 2 rings (SSSR count). The molecule has 0 spiro atoms. The zero-order valence-electron chi connectivity index (χ0n) is 17.9. The summed E-state index contributed by atoms with van der Waals surface area (Å²) >= 11 is 0. The van der Waals surface area contributed by atoms with Crippen LogP contribution in [-0.2, 0) is 17.8 Å². The van der Waals surface area contributed by atoms with Crippen molar-refractivity contribution in [1.29, 1.82) is 0 Å². The van der Waals surface area contributed by atoms with E-state index in [1.165, 1.54) is 0 Å². The normalized spacial score (nSPS) is 10.9. The van der Waals surface area contributed by atoms with E-state index >= 15 is 0 Å². The van der Waals surface area contributed by atoms with Crippen molar-refractivity contribution in [2.75, 3.05) is 46.4 Å². The van der Waals surface area contributed by atoms with E-state index in [-0.39, 0.29) is 24.0 Å². The minimum Gasteiger partial charge on any atom is -0.491 e. The number of aromatic nitrogens is 1. The van der Waals surface area contributed by atoms with Crippen LogP contribution in [0.1, 0.15) is 16.8 Å². The fourth-order valence-electron chi connectivity index (χ4n) is 2.57. The van der Waals surface area contributed by atoms with Gasteiger partial charge in [0.25, 0.3) is 0 Å². The monoisotopic (exact) mass is 513 g/mol. The van der Waals surface area contributed by atoms with E-state index < -0.39 is 0 Å². The summed E-state index contributed by atoms with van der Waals surface area (Å²) in [5.41, 5.74) is 3.18. The van der Waals surface area contributed by atoms with Crippen LogP contribution in [0.5, 0.6) is 5.75 Å². The molecule has 7 nitrogen and oxygen atoms in total. The molecule has 2 N–H and O–H groups in total. The number of nitrogens with one attached hydrogen (secondary N) is 2. The van der Waals surface area contributed by atoms with E-state index in [2.05, 4.69) is 39.7 Å². The third-order valence-electron chi connectivity index (χ3n) is 4.12. The van der Waals surface area contributed by atoms with Crippen molar-refractivity contribution in [3.05, 3.63) is 53.2 Å². The fourth-order valence-corrected chi connectivity index (χ4v) is 2.57. The fraction of sp³-hybridized carbons (Fsp3) is 0.429. The molecule has 0 aliphatic heterocycles. The van der Waals surface area contributed by atoms with Gasteiger partial charge in [-0.15, -0.1) is 24.0 Å². The molecule has 8 heteroatoms. The Balaban J connectivity index is 0.00000420. The van der Waals surface area contributed by atoms with Crippen molar-refractivity contribution in [2.45, 2.75) is 20.0 Å². The summed E-state index contributed by atoms with van der Waals surface area (Å²) in [6, 6.07) is 12.2. The molecule has 160 valence electrons. The number of halogens is 1. The Bertz CT molecular complexity index is 783. The first-order chi connectivity index (χ1) is 13.5. The van der Waals surface area contributed by atoms with Crippen LogP contribution in [0.2, 0.25) is 0 Å². The molecule has 0 unspecified atom stereocenters. The lowest BCUT2D eigenvalue weighted by molar-refractivity contribution is 0.145. The second-order valence-corrected chi connectivity index (χ2v) is 6.61. The van der Waals surface area contributed by atoms with Gasteiger partial charge in [0.1, 0.15) is 18.2 Å². The maximum Gasteiger partial charge on any atom is 0.191 e. The first-order valence-corrected chi connectivity index (χ1v) is 9.32. The van der Waals surface area contributed by atoms with E-state index in [4.69, 9.17) is 9.47 Å². The lowest BCUT2D eigenvalue weighted by atomic mass is 10.1. The summed E-state index contributed by atoms with van der Waals surface area (Å²) in [6.45, 7) is 4.33. The maximum atomic E-state index is 5.85. The first kappa shape index (κ1) is 25.0. The smallest absolute Gasteiger partial charge is 0.191 e. The van der Waals surface area contributed by atoms with Crippen molar-refractivity contribution in [1.82, 2.24) is 15.6 Å². The van der Waals surface area contributed by atoms with Crippen molar-refractivity contribution < 1.29 is 9.47 Å². The van der Waals surface area contributed by atoms with Crippen molar-refractivity contribution >= 4 is 35.8 Å². The Morgan fingerprint density at radius 2 is 1.86 bits per heavy atom. The number of ether oxygens (including phenoxy) is 2. The van der Waals surface area contributed by atoms with Crippen LogP contribution in [0, 0.1) is 6.92 Å². The highest BCUT2D eigenvalue weighted by Crippen LogP contribution is 2.20. The van der Waals surface area contributed by atoms with Gasteiger partial charge in [-0.3, -0.25) is 4.99 Å². The summed E-state index contributed by atoms with van der Waals surface area (Å²) in [5.74, 6) is 2.50. The minimum absolute atomic E-state index is 0. The number of hydrogen-bond donors (Lipinski definition) is 2. The first-order valence-electron chi connectivity index (χ1n) is 9.32. The molecule has 0 radical (unpaired) electrons. The Morgan fingerprint density at radius 3 is 2.55 bits per heavy atom. The van der Waals surface area contributed by atoms with Crippen LogP contribution in [0.4, 0.5) is 5.82 Å². The van der Waals surface area contributed by atoms with Crippen LogP contribution in [-0.4, -0.2) is 52.4 Å². The van der Waals surface area contributed by atoms with Gasteiger partial charge in [0.15, 0.2) is 5.96 Å². The van der Waals surface area contributed by atoms with E-state index in [0.717, 1.165) is 28.4 Å². The molecule has 0 saturated heterocycles. The molecule has 1 aromatic carbocycles. The van der Waals surface area contributed by atoms with Crippen molar-refractivity contribution in [2.24, 2.45) is 4.99 Å². The van der Waals surface area contributed by atoms with Gasteiger partial charge < -0.3 is 25.0 Å². The Labute approximate surface area is 190 Å². The van der Waals surface area contributed by atoms with Gasteiger partial charge in [0.2, 0.25) is 0 Å². The topological polar surface area (TPSA) is 71.0 Å². The third kappa shape index (κ3) is 8.45. The van der Waals surface area contributed by atoms with E-state index in [9.17, 15) is 0 Å². The Morgan fingerprint density at radius 1 is 1.10 bits per heavy atom. The number of pyridine rings is 1. The molecule has 0 bridgehead atoms. The predicted molar refractivity (Wildman–Crippen MR) is 130 cm³/mol. The molecule has 1 aromatic heterocycles. The third-order valence-corrected chi connectivity index (χ3v) is 4.12. The zero-order chi connectivity index (χ0) is 20.4. The van der Waals surface area contributed by atoms with Crippen molar-refractivity contribution in [3.63, 3.8) is 0 Å². The second kappa shape index (κ2) is 13.2. The number of benzene rings is 1. The molecule has 1 heterocycles. The standard InChI is InChI=1S/C21H31N5O2.HI/c1-16-9-10-17(19(13-16)28-12-11-27-5)14-23-21(22-2)24-15-18-7-6-8-20(25-18)26(3)4;/h6-10,13H,11-12,14-15H2,1-5H3,(H2,22,23,24);1H. The molecule has 2 aromatic rings. The lowest BCUT2D eigenvalue weighted by Crippen LogP contribution is -2.36. The van der Waals surface area contributed by atoms with Crippen LogP contribution in [0.25, 0.3) is 0 Å². The Kier molecular flexibility index (Phi) is 11.4. The van der Waals surface area contributed by atoms with Gasteiger partial charge in [-0.2, -0.15) is 0 Å². The summed E-state index contributed by atoms with van der Waals surface area (Å²) in [7, 11) is 7.38. The molecule has 0 saturated carbocycles. The average molecular weight is 513 g/mol. The van der Waals surface area contributed by atoms with Gasteiger partial charge >= 0.3 is 0 Å². The number of anilines is 1. The number of hydrogen-bond acceptors (Lipinski definition) is 5. The molecule has 0 aliphatic carbocycles. The van der Waals surface area contributed by atoms with Gasteiger partial charge in [0, 0.05) is 40.4 Å². The molecular weight excluding hydrogens is 481 g/mol. The van der Waals surface area contributed by atoms with E-state index in [0.29, 0.717) is 32.3 Å². The summed E-state index contributed by atoms with van der Waals surface area (Å²) in [5, 5.41) is 6.64. The quantitative estimate of drug-likeness (QED) is 0.233. The summed E-state index contributed by atoms with van der Waals surface area (Å²) in [6.07, 6.45) is 0. The van der Waals surface area contributed by atoms with Crippen molar-refractivity contribution in [3.8, 4) is 5.75 Å².